The maximum Gasteiger partial charge on any atom is 0.153 e. The molecule has 12 heavy (non-hydrogen) atoms. The van der Waals surface area contributed by atoms with Gasteiger partial charge in [0.25, 0.3) is 0 Å². The molecule has 66 valence electrons. The first-order chi connectivity index (χ1) is 5.46. The predicted molar refractivity (Wildman–Crippen MR) is 49.3 cm³/mol. The van der Waals surface area contributed by atoms with Crippen LogP contribution in [-0.2, 0) is 0 Å². The lowest BCUT2D eigenvalue weighted by Gasteiger charge is -2.09. The molecule has 0 aliphatic rings. The summed E-state index contributed by atoms with van der Waals surface area (Å²) in [6.07, 6.45) is 0. The number of phenols is 2. The highest BCUT2D eigenvalue weighted by Gasteiger charge is 2.15. The van der Waals surface area contributed by atoms with E-state index in [0.29, 0.717) is 11.1 Å². The fourth-order valence-corrected chi connectivity index (χ4v) is 1.36. The van der Waals surface area contributed by atoms with E-state index in [9.17, 15) is 10.2 Å². The quantitative estimate of drug-likeness (QED) is 0.642. The molecule has 0 fully saturated rings. The minimum absolute atomic E-state index is 0.0304. The van der Waals surface area contributed by atoms with E-state index in [4.69, 9.17) is 23.2 Å². The summed E-state index contributed by atoms with van der Waals surface area (Å²) < 4.78 is 0. The zero-order chi connectivity index (χ0) is 9.46. The lowest BCUT2D eigenvalue weighted by molar-refractivity contribution is 0.453. The maximum absolute atomic E-state index is 9.41. The number of phenolic OH excluding ortho intramolecular Hbond substituents is 2. The third-order valence-corrected chi connectivity index (χ3v) is 2.71. The number of aromatic hydroxyl groups is 2. The van der Waals surface area contributed by atoms with Crippen molar-refractivity contribution in [2.75, 3.05) is 0 Å². The van der Waals surface area contributed by atoms with Crippen LogP contribution in [0.1, 0.15) is 11.1 Å². The lowest BCUT2D eigenvalue weighted by atomic mass is 10.1. The molecule has 0 unspecified atom stereocenters. The van der Waals surface area contributed by atoms with Crippen LogP contribution in [0.25, 0.3) is 0 Å². The minimum atomic E-state index is -0.175. The van der Waals surface area contributed by atoms with Gasteiger partial charge in [-0.1, -0.05) is 23.2 Å². The van der Waals surface area contributed by atoms with Crippen molar-refractivity contribution in [3.8, 4) is 11.5 Å². The lowest BCUT2D eigenvalue weighted by Crippen LogP contribution is -1.85. The van der Waals surface area contributed by atoms with Gasteiger partial charge in [0, 0.05) is 11.1 Å². The van der Waals surface area contributed by atoms with Crippen molar-refractivity contribution in [3.05, 3.63) is 21.2 Å². The van der Waals surface area contributed by atoms with Crippen LogP contribution in [-0.4, -0.2) is 10.2 Å². The van der Waals surface area contributed by atoms with Gasteiger partial charge >= 0.3 is 0 Å². The summed E-state index contributed by atoms with van der Waals surface area (Å²) in [4.78, 5) is 0. The van der Waals surface area contributed by atoms with E-state index < -0.39 is 0 Å². The van der Waals surface area contributed by atoms with Gasteiger partial charge < -0.3 is 10.2 Å². The van der Waals surface area contributed by atoms with E-state index >= 15 is 0 Å². The third kappa shape index (κ3) is 1.21. The standard InChI is InChI=1S/C8H8Cl2O2/c1-3-5(9)8(12)6(10)4(2)7(3)11/h11-12H,1-2H3. The Labute approximate surface area is 80.4 Å². The van der Waals surface area contributed by atoms with Gasteiger partial charge in [-0.3, -0.25) is 0 Å². The smallest absolute Gasteiger partial charge is 0.153 e. The molecule has 0 heterocycles. The van der Waals surface area contributed by atoms with Crippen LogP contribution in [0, 0.1) is 13.8 Å². The molecule has 0 saturated heterocycles. The summed E-state index contributed by atoms with van der Waals surface area (Å²) in [5.74, 6) is -0.145. The van der Waals surface area contributed by atoms with Crippen LogP contribution >= 0.6 is 23.2 Å². The third-order valence-electron chi connectivity index (χ3n) is 1.78. The average molecular weight is 207 g/mol. The van der Waals surface area contributed by atoms with Crippen LogP contribution in [0.5, 0.6) is 11.5 Å². The Kier molecular flexibility index (Phi) is 2.40. The van der Waals surface area contributed by atoms with Crippen molar-refractivity contribution in [3.63, 3.8) is 0 Å². The molecule has 1 aromatic carbocycles. The van der Waals surface area contributed by atoms with Crippen LogP contribution in [0.2, 0.25) is 10.0 Å². The van der Waals surface area contributed by atoms with Gasteiger partial charge in [-0.25, -0.2) is 0 Å². The molecule has 0 spiro atoms. The Morgan fingerprint density at radius 2 is 1.17 bits per heavy atom. The Balaban J connectivity index is 3.60. The summed E-state index contributed by atoms with van der Waals surface area (Å²) >= 11 is 11.3. The van der Waals surface area contributed by atoms with Crippen molar-refractivity contribution in [1.82, 2.24) is 0 Å². The molecule has 2 N–H and O–H groups in total. The Bertz CT molecular complexity index is 229. The molecule has 0 bridgehead atoms. The van der Waals surface area contributed by atoms with Crippen molar-refractivity contribution in [2.45, 2.75) is 13.8 Å². The molecular formula is C8H8Cl2O2. The fourth-order valence-electron chi connectivity index (χ4n) is 0.941. The number of benzene rings is 1. The van der Waals surface area contributed by atoms with Crippen LogP contribution in [0.4, 0.5) is 0 Å². The zero-order valence-electron chi connectivity index (χ0n) is 6.65. The molecule has 0 amide bonds. The Hall–Kier alpha value is -0.600. The van der Waals surface area contributed by atoms with Crippen LogP contribution in [0.3, 0.4) is 0 Å². The molecule has 0 atom stereocenters. The first-order valence-electron chi connectivity index (χ1n) is 3.33. The minimum Gasteiger partial charge on any atom is -0.507 e. The summed E-state index contributed by atoms with van der Waals surface area (Å²) in [6.45, 7) is 3.22. The second-order valence-electron chi connectivity index (χ2n) is 2.58. The molecular weight excluding hydrogens is 199 g/mol. The van der Waals surface area contributed by atoms with Crippen molar-refractivity contribution in [1.29, 1.82) is 0 Å². The Morgan fingerprint density at radius 3 is 1.50 bits per heavy atom. The van der Waals surface area contributed by atoms with E-state index in [-0.39, 0.29) is 21.5 Å². The summed E-state index contributed by atoms with van der Waals surface area (Å²) in [5, 5.41) is 18.9. The van der Waals surface area contributed by atoms with E-state index in [2.05, 4.69) is 0 Å². The van der Waals surface area contributed by atoms with Crippen LogP contribution in [0.15, 0.2) is 0 Å². The molecule has 1 aromatic rings. The van der Waals surface area contributed by atoms with Gasteiger partial charge in [0.2, 0.25) is 0 Å². The van der Waals surface area contributed by atoms with Gasteiger partial charge in [-0.15, -0.1) is 0 Å². The van der Waals surface area contributed by atoms with Crippen LogP contribution < -0.4 is 0 Å². The van der Waals surface area contributed by atoms with E-state index in [1.54, 1.807) is 13.8 Å². The van der Waals surface area contributed by atoms with Gasteiger partial charge in [0.15, 0.2) is 5.75 Å². The molecule has 0 saturated carbocycles. The van der Waals surface area contributed by atoms with Gasteiger partial charge in [-0.05, 0) is 13.8 Å². The second kappa shape index (κ2) is 3.04. The van der Waals surface area contributed by atoms with Crippen molar-refractivity contribution >= 4 is 23.2 Å². The monoisotopic (exact) mass is 206 g/mol. The highest BCUT2D eigenvalue weighted by molar-refractivity contribution is 6.38. The molecule has 0 radical (unpaired) electrons. The normalized spacial score (nSPS) is 10.3. The number of rotatable bonds is 0. The number of hydrogen-bond donors (Lipinski definition) is 2. The Morgan fingerprint density at radius 1 is 0.833 bits per heavy atom. The van der Waals surface area contributed by atoms with Gasteiger partial charge in [-0.2, -0.15) is 0 Å². The van der Waals surface area contributed by atoms with E-state index in [1.165, 1.54) is 0 Å². The highest BCUT2D eigenvalue weighted by atomic mass is 35.5. The molecule has 0 aliphatic heterocycles. The van der Waals surface area contributed by atoms with Crippen molar-refractivity contribution in [2.24, 2.45) is 0 Å². The zero-order valence-corrected chi connectivity index (χ0v) is 8.16. The summed E-state index contributed by atoms with van der Waals surface area (Å²) in [5.41, 5.74) is 0.882. The van der Waals surface area contributed by atoms with Gasteiger partial charge in [0.05, 0.1) is 10.0 Å². The van der Waals surface area contributed by atoms with E-state index in [0.717, 1.165) is 0 Å². The van der Waals surface area contributed by atoms with E-state index in [1.807, 2.05) is 0 Å². The summed E-state index contributed by atoms with van der Waals surface area (Å²) in [6, 6.07) is 0. The topological polar surface area (TPSA) is 40.5 Å². The molecule has 0 aliphatic carbocycles. The SMILES string of the molecule is Cc1c(O)c(C)c(Cl)c(O)c1Cl. The predicted octanol–water partition coefficient (Wildman–Crippen LogP) is 3.02. The largest absolute Gasteiger partial charge is 0.507 e. The fraction of sp³-hybridized carbons (Fsp3) is 0.250. The number of halogens is 2. The maximum atomic E-state index is 9.41. The number of hydrogen-bond acceptors (Lipinski definition) is 2. The highest BCUT2D eigenvalue weighted by Crippen LogP contribution is 2.42. The molecule has 2 nitrogen and oxygen atoms in total. The molecule has 0 aromatic heterocycles. The first-order valence-corrected chi connectivity index (χ1v) is 4.08. The van der Waals surface area contributed by atoms with Crippen molar-refractivity contribution < 1.29 is 10.2 Å². The summed E-state index contributed by atoms with van der Waals surface area (Å²) in [7, 11) is 0. The molecule has 4 heteroatoms. The average Bonchev–Trinajstić information content (AvgIpc) is 2.08. The molecule has 1 rings (SSSR count). The van der Waals surface area contributed by atoms with Gasteiger partial charge in [0.1, 0.15) is 5.75 Å². The first kappa shape index (κ1) is 9.49. The second-order valence-corrected chi connectivity index (χ2v) is 3.33.